The maximum atomic E-state index is 9.61. The molecule has 0 spiro atoms. The van der Waals surface area contributed by atoms with Crippen molar-refractivity contribution in [3.05, 3.63) is 35.4 Å². The van der Waals surface area contributed by atoms with Gasteiger partial charge in [-0.2, -0.15) is 11.8 Å². The van der Waals surface area contributed by atoms with Gasteiger partial charge in [0.25, 0.3) is 0 Å². The standard InChI is InChI=1S/C11H16OS/c1-9-5-3-4-6-10(9)7-11(12)8-13-2/h3-6,11-12H,7-8H2,1-2H3. The van der Waals surface area contributed by atoms with Gasteiger partial charge in [0.2, 0.25) is 0 Å². The number of hydrogen-bond acceptors (Lipinski definition) is 2. The Labute approximate surface area is 84.2 Å². The van der Waals surface area contributed by atoms with Crippen molar-refractivity contribution < 1.29 is 5.11 Å². The number of aliphatic hydroxyl groups is 1. The highest BCUT2D eigenvalue weighted by Crippen LogP contribution is 2.11. The molecule has 1 rings (SSSR count). The zero-order valence-electron chi connectivity index (χ0n) is 8.16. The normalized spacial score (nSPS) is 12.8. The Balaban J connectivity index is 2.58. The molecule has 0 fully saturated rings. The fraction of sp³-hybridized carbons (Fsp3) is 0.455. The van der Waals surface area contributed by atoms with Gasteiger partial charge in [0.1, 0.15) is 0 Å². The van der Waals surface area contributed by atoms with Gasteiger partial charge >= 0.3 is 0 Å². The SMILES string of the molecule is CSCC(O)Cc1ccccc1C. The highest BCUT2D eigenvalue weighted by molar-refractivity contribution is 7.98. The molecule has 0 saturated carbocycles. The molecule has 72 valence electrons. The summed E-state index contributed by atoms with van der Waals surface area (Å²) >= 11 is 1.68. The molecule has 1 aromatic carbocycles. The predicted molar refractivity (Wildman–Crippen MR) is 59.3 cm³/mol. The molecule has 2 heteroatoms. The molecule has 0 bridgehead atoms. The molecule has 0 heterocycles. The van der Waals surface area contributed by atoms with E-state index in [2.05, 4.69) is 19.1 Å². The third kappa shape index (κ3) is 3.41. The van der Waals surface area contributed by atoms with Crippen LogP contribution in [-0.4, -0.2) is 23.2 Å². The minimum Gasteiger partial charge on any atom is -0.392 e. The van der Waals surface area contributed by atoms with E-state index >= 15 is 0 Å². The molecule has 1 atom stereocenters. The monoisotopic (exact) mass is 196 g/mol. The van der Waals surface area contributed by atoms with Gasteiger partial charge in [0, 0.05) is 5.75 Å². The second kappa shape index (κ2) is 5.30. The lowest BCUT2D eigenvalue weighted by atomic mass is 10.0. The van der Waals surface area contributed by atoms with Crippen LogP contribution in [0, 0.1) is 6.92 Å². The van der Waals surface area contributed by atoms with Crippen LogP contribution >= 0.6 is 11.8 Å². The fourth-order valence-corrected chi connectivity index (χ4v) is 1.85. The van der Waals surface area contributed by atoms with Crippen molar-refractivity contribution in [3.63, 3.8) is 0 Å². The Hall–Kier alpha value is -0.470. The van der Waals surface area contributed by atoms with E-state index in [-0.39, 0.29) is 6.10 Å². The van der Waals surface area contributed by atoms with Gasteiger partial charge in [-0.25, -0.2) is 0 Å². The van der Waals surface area contributed by atoms with Crippen LogP contribution < -0.4 is 0 Å². The topological polar surface area (TPSA) is 20.2 Å². The summed E-state index contributed by atoms with van der Waals surface area (Å²) in [6.07, 6.45) is 2.57. The molecule has 0 amide bonds. The lowest BCUT2D eigenvalue weighted by Crippen LogP contribution is -2.13. The summed E-state index contributed by atoms with van der Waals surface area (Å²) in [6, 6.07) is 8.22. The third-order valence-corrected chi connectivity index (χ3v) is 2.79. The van der Waals surface area contributed by atoms with Crippen molar-refractivity contribution >= 4 is 11.8 Å². The van der Waals surface area contributed by atoms with Crippen LogP contribution in [0.3, 0.4) is 0 Å². The minimum absolute atomic E-state index is 0.212. The lowest BCUT2D eigenvalue weighted by Gasteiger charge is -2.10. The lowest BCUT2D eigenvalue weighted by molar-refractivity contribution is 0.200. The van der Waals surface area contributed by atoms with Crippen LogP contribution in [0.4, 0.5) is 0 Å². The number of aliphatic hydroxyl groups excluding tert-OH is 1. The Morgan fingerprint density at radius 2 is 2.08 bits per heavy atom. The van der Waals surface area contributed by atoms with Gasteiger partial charge < -0.3 is 5.11 Å². The van der Waals surface area contributed by atoms with Gasteiger partial charge in [-0.15, -0.1) is 0 Å². The first-order valence-electron chi connectivity index (χ1n) is 4.45. The molecular weight excluding hydrogens is 180 g/mol. The Kier molecular flexibility index (Phi) is 4.33. The second-order valence-corrected chi connectivity index (χ2v) is 4.15. The van der Waals surface area contributed by atoms with Crippen LogP contribution in [0.15, 0.2) is 24.3 Å². The van der Waals surface area contributed by atoms with Crippen LogP contribution in [-0.2, 0) is 6.42 Å². The first kappa shape index (κ1) is 10.6. The average Bonchev–Trinajstić information content (AvgIpc) is 2.09. The van der Waals surface area contributed by atoms with Gasteiger partial charge in [0.05, 0.1) is 6.10 Å². The van der Waals surface area contributed by atoms with E-state index < -0.39 is 0 Å². The predicted octanol–water partition coefficient (Wildman–Crippen LogP) is 2.26. The number of benzene rings is 1. The first-order valence-corrected chi connectivity index (χ1v) is 5.85. The number of rotatable bonds is 4. The van der Waals surface area contributed by atoms with Crippen LogP contribution in [0.5, 0.6) is 0 Å². The van der Waals surface area contributed by atoms with E-state index in [0.29, 0.717) is 0 Å². The van der Waals surface area contributed by atoms with E-state index in [1.54, 1.807) is 11.8 Å². The van der Waals surface area contributed by atoms with Crippen molar-refractivity contribution in [3.8, 4) is 0 Å². The summed E-state index contributed by atoms with van der Waals surface area (Å²) in [5.74, 6) is 0.814. The molecule has 13 heavy (non-hydrogen) atoms. The number of aryl methyl sites for hydroxylation is 1. The van der Waals surface area contributed by atoms with Crippen molar-refractivity contribution in [2.45, 2.75) is 19.4 Å². The van der Waals surface area contributed by atoms with Crippen LogP contribution in [0.25, 0.3) is 0 Å². The molecule has 0 radical (unpaired) electrons. The summed E-state index contributed by atoms with van der Waals surface area (Å²) < 4.78 is 0. The quantitative estimate of drug-likeness (QED) is 0.797. The Morgan fingerprint density at radius 3 is 2.69 bits per heavy atom. The number of thioether (sulfide) groups is 1. The summed E-state index contributed by atoms with van der Waals surface area (Å²) in [6.45, 7) is 2.08. The van der Waals surface area contributed by atoms with Crippen molar-refractivity contribution in [2.75, 3.05) is 12.0 Å². The zero-order chi connectivity index (χ0) is 9.68. The second-order valence-electron chi connectivity index (χ2n) is 3.24. The minimum atomic E-state index is -0.212. The summed E-state index contributed by atoms with van der Waals surface area (Å²) in [7, 11) is 0. The van der Waals surface area contributed by atoms with E-state index in [4.69, 9.17) is 0 Å². The molecule has 1 nitrogen and oxygen atoms in total. The maximum Gasteiger partial charge on any atom is 0.0670 e. The van der Waals surface area contributed by atoms with E-state index in [1.165, 1.54) is 11.1 Å². The summed E-state index contributed by atoms with van der Waals surface area (Å²) in [5.41, 5.74) is 2.52. The molecule has 0 aliphatic heterocycles. The average molecular weight is 196 g/mol. The van der Waals surface area contributed by atoms with E-state index in [9.17, 15) is 5.11 Å². The zero-order valence-corrected chi connectivity index (χ0v) is 8.97. The Morgan fingerprint density at radius 1 is 1.38 bits per heavy atom. The van der Waals surface area contributed by atoms with Crippen molar-refractivity contribution in [1.29, 1.82) is 0 Å². The smallest absolute Gasteiger partial charge is 0.0670 e. The molecule has 0 saturated heterocycles. The van der Waals surface area contributed by atoms with E-state index in [1.807, 2.05) is 18.4 Å². The fourth-order valence-electron chi connectivity index (χ4n) is 1.34. The molecule has 0 aliphatic rings. The highest BCUT2D eigenvalue weighted by atomic mass is 32.2. The van der Waals surface area contributed by atoms with Gasteiger partial charge in [-0.1, -0.05) is 24.3 Å². The van der Waals surface area contributed by atoms with Gasteiger partial charge in [-0.3, -0.25) is 0 Å². The maximum absolute atomic E-state index is 9.61. The molecule has 1 aromatic rings. The number of hydrogen-bond donors (Lipinski definition) is 1. The Bertz CT molecular complexity index is 260. The molecule has 1 N–H and O–H groups in total. The molecular formula is C11H16OS. The van der Waals surface area contributed by atoms with Crippen LogP contribution in [0.2, 0.25) is 0 Å². The van der Waals surface area contributed by atoms with Crippen molar-refractivity contribution in [2.24, 2.45) is 0 Å². The molecule has 0 aliphatic carbocycles. The van der Waals surface area contributed by atoms with E-state index in [0.717, 1.165) is 12.2 Å². The highest BCUT2D eigenvalue weighted by Gasteiger charge is 2.05. The first-order chi connectivity index (χ1) is 6.24. The molecule has 1 unspecified atom stereocenters. The largest absolute Gasteiger partial charge is 0.392 e. The molecule has 0 aromatic heterocycles. The summed E-state index contributed by atoms with van der Waals surface area (Å²) in [5, 5.41) is 9.61. The summed E-state index contributed by atoms with van der Waals surface area (Å²) in [4.78, 5) is 0. The van der Waals surface area contributed by atoms with Crippen molar-refractivity contribution in [1.82, 2.24) is 0 Å². The third-order valence-electron chi connectivity index (χ3n) is 2.08. The van der Waals surface area contributed by atoms with Crippen LogP contribution in [0.1, 0.15) is 11.1 Å². The van der Waals surface area contributed by atoms with Gasteiger partial charge in [0.15, 0.2) is 0 Å². The van der Waals surface area contributed by atoms with Gasteiger partial charge in [-0.05, 0) is 30.7 Å².